The Hall–Kier alpha value is -5.36. The quantitative estimate of drug-likeness (QED) is 0.173. The maximum Gasteiger partial charge on any atom is 0.407 e. The number of aryl methyl sites for hydroxylation is 2. The molecule has 0 bridgehead atoms. The molecule has 5 aromatic rings. The molecule has 44 heavy (non-hydrogen) atoms. The van der Waals surface area contributed by atoms with Crippen LogP contribution in [0.15, 0.2) is 109 Å². The van der Waals surface area contributed by atoms with Gasteiger partial charge in [-0.2, -0.15) is 0 Å². The molecule has 3 N–H and O–H groups in total. The van der Waals surface area contributed by atoms with Gasteiger partial charge in [0.15, 0.2) is 0 Å². The summed E-state index contributed by atoms with van der Waals surface area (Å²) in [4.78, 5) is 25.4. The summed E-state index contributed by atoms with van der Waals surface area (Å²) in [6.45, 7) is 4.02. The van der Waals surface area contributed by atoms with Gasteiger partial charge in [-0.1, -0.05) is 97.1 Å². The number of nitrogens with one attached hydrogen (secondary N) is 1. The van der Waals surface area contributed by atoms with Gasteiger partial charge in [0, 0.05) is 23.5 Å². The van der Waals surface area contributed by atoms with Crippen LogP contribution in [0.4, 0.5) is 4.79 Å². The third-order valence-electron chi connectivity index (χ3n) is 8.41. The van der Waals surface area contributed by atoms with Gasteiger partial charge in [-0.3, -0.25) is 0 Å². The normalized spacial score (nSPS) is 12.7. The molecule has 1 amide bonds. The maximum atomic E-state index is 13.0. The molecular weight excluding hydrogens is 550 g/mol. The van der Waals surface area contributed by atoms with E-state index < -0.39 is 18.1 Å². The van der Waals surface area contributed by atoms with Gasteiger partial charge in [0.05, 0.1) is 0 Å². The summed E-state index contributed by atoms with van der Waals surface area (Å²) < 4.78 is 5.64. The molecule has 1 unspecified atom stereocenters. The fraction of sp³-hybridized carbons (Fsp3) is 0.158. The Kier molecular flexibility index (Phi) is 7.90. The zero-order valence-corrected chi connectivity index (χ0v) is 24.6. The zero-order valence-electron chi connectivity index (χ0n) is 24.6. The van der Waals surface area contributed by atoms with Crippen LogP contribution in [0.1, 0.15) is 33.7 Å². The van der Waals surface area contributed by atoms with E-state index in [1.807, 2.05) is 98.8 Å². The number of rotatable bonds is 8. The number of phenolic OH excluding ortho intramolecular Hbond substituents is 1. The van der Waals surface area contributed by atoms with Crippen LogP contribution in [0.5, 0.6) is 5.75 Å². The van der Waals surface area contributed by atoms with Gasteiger partial charge in [-0.05, 0) is 76.1 Å². The lowest BCUT2D eigenvalue weighted by molar-refractivity contribution is -0.139. The van der Waals surface area contributed by atoms with Gasteiger partial charge in [-0.15, -0.1) is 0 Å². The molecule has 6 nitrogen and oxygen atoms in total. The van der Waals surface area contributed by atoms with Crippen molar-refractivity contribution in [1.82, 2.24) is 5.32 Å². The van der Waals surface area contributed by atoms with Gasteiger partial charge in [0.2, 0.25) is 0 Å². The summed E-state index contributed by atoms with van der Waals surface area (Å²) >= 11 is 0. The lowest BCUT2D eigenvalue weighted by atomic mass is 9.89. The fourth-order valence-electron chi connectivity index (χ4n) is 6.19. The highest BCUT2D eigenvalue weighted by Crippen LogP contribution is 2.45. The minimum atomic E-state index is -1.25. The van der Waals surface area contributed by atoms with E-state index in [2.05, 4.69) is 17.4 Å². The van der Waals surface area contributed by atoms with Crippen molar-refractivity contribution in [3.63, 3.8) is 0 Å². The summed E-state index contributed by atoms with van der Waals surface area (Å²) in [6.07, 6.45) is -0.798. The number of hydrogen-bond donors (Lipinski definition) is 3. The molecule has 0 spiro atoms. The van der Waals surface area contributed by atoms with Crippen molar-refractivity contribution in [3.8, 4) is 39.1 Å². The summed E-state index contributed by atoms with van der Waals surface area (Å²) in [5.74, 6) is -1.20. The van der Waals surface area contributed by atoms with E-state index >= 15 is 0 Å². The monoisotopic (exact) mass is 583 g/mol. The Labute approximate surface area is 256 Å². The largest absolute Gasteiger partial charge is 0.507 e. The third-order valence-corrected chi connectivity index (χ3v) is 8.41. The van der Waals surface area contributed by atoms with Gasteiger partial charge in [0.25, 0.3) is 0 Å². The second-order valence-corrected chi connectivity index (χ2v) is 11.2. The van der Waals surface area contributed by atoms with Crippen molar-refractivity contribution < 1.29 is 24.5 Å². The van der Waals surface area contributed by atoms with Crippen LogP contribution in [0.25, 0.3) is 33.4 Å². The molecule has 1 atom stereocenters. The molecule has 6 heteroatoms. The van der Waals surface area contributed by atoms with Gasteiger partial charge in [-0.25, -0.2) is 9.59 Å². The van der Waals surface area contributed by atoms with Crippen molar-refractivity contribution in [1.29, 1.82) is 0 Å². The molecule has 0 saturated carbocycles. The number of amides is 1. The number of phenols is 1. The van der Waals surface area contributed by atoms with E-state index in [1.165, 1.54) is 0 Å². The highest BCUT2D eigenvalue weighted by atomic mass is 16.5. The van der Waals surface area contributed by atoms with Gasteiger partial charge in [0.1, 0.15) is 18.4 Å². The van der Waals surface area contributed by atoms with Gasteiger partial charge >= 0.3 is 12.1 Å². The van der Waals surface area contributed by atoms with Gasteiger partial charge < -0.3 is 20.3 Å². The molecule has 0 heterocycles. The number of carbonyl (C=O) groups is 2. The lowest BCUT2D eigenvalue weighted by Gasteiger charge is -2.20. The van der Waals surface area contributed by atoms with E-state index in [-0.39, 0.29) is 24.7 Å². The van der Waals surface area contributed by atoms with Crippen LogP contribution in [-0.2, 0) is 16.0 Å². The number of carboxylic acid groups (broad SMARTS) is 1. The molecular formula is C38H33NO5. The van der Waals surface area contributed by atoms with Crippen LogP contribution in [-0.4, -0.2) is 34.9 Å². The van der Waals surface area contributed by atoms with Crippen molar-refractivity contribution in [2.75, 3.05) is 6.61 Å². The Balaban J connectivity index is 1.26. The first-order chi connectivity index (χ1) is 21.3. The van der Waals surface area contributed by atoms with Crippen molar-refractivity contribution >= 4 is 12.1 Å². The summed E-state index contributed by atoms with van der Waals surface area (Å²) in [7, 11) is 0. The van der Waals surface area contributed by atoms with Crippen molar-refractivity contribution in [2.45, 2.75) is 32.2 Å². The molecule has 1 aliphatic rings. The highest BCUT2D eigenvalue weighted by Gasteiger charge is 2.30. The van der Waals surface area contributed by atoms with Crippen LogP contribution < -0.4 is 5.32 Å². The maximum absolute atomic E-state index is 13.0. The van der Waals surface area contributed by atoms with E-state index in [9.17, 15) is 19.8 Å². The number of aromatic hydroxyl groups is 1. The number of benzene rings is 5. The molecule has 1 aliphatic carbocycles. The number of alkyl carbamates (subject to hydrolysis) is 1. The predicted molar refractivity (Wildman–Crippen MR) is 172 cm³/mol. The molecule has 220 valence electrons. The third kappa shape index (κ3) is 5.54. The first-order valence-electron chi connectivity index (χ1n) is 14.6. The topological polar surface area (TPSA) is 95.9 Å². The van der Waals surface area contributed by atoms with E-state index in [0.717, 1.165) is 44.5 Å². The van der Waals surface area contributed by atoms with E-state index in [0.29, 0.717) is 16.7 Å². The first-order valence-corrected chi connectivity index (χ1v) is 14.6. The molecule has 6 rings (SSSR count). The first kappa shape index (κ1) is 28.7. The fourth-order valence-corrected chi connectivity index (χ4v) is 6.19. The number of hydrogen-bond acceptors (Lipinski definition) is 4. The molecule has 0 fully saturated rings. The number of fused-ring (bicyclic) bond motifs is 3. The number of aliphatic carboxylic acids is 1. The average molecular weight is 584 g/mol. The van der Waals surface area contributed by atoms with Crippen LogP contribution >= 0.6 is 0 Å². The Morgan fingerprint density at radius 1 is 0.705 bits per heavy atom. The number of ether oxygens (including phenoxy) is 1. The smallest absolute Gasteiger partial charge is 0.407 e. The SMILES string of the molecule is Cc1ccccc1-c1cc(CC(NC(=O)OCC2c3ccccc3-c3ccccc32)C(=O)O)cc(-c2ccccc2C)c1O. The van der Waals surface area contributed by atoms with E-state index in [1.54, 1.807) is 12.1 Å². The Morgan fingerprint density at radius 3 is 1.64 bits per heavy atom. The standard InChI is InChI=1S/C38H33NO5/c1-23-11-3-5-13-26(23)32-19-25(20-33(36(32)40)27-14-6-4-12-24(27)2)21-35(37(41)42)39-38(43)44-22-34-30-17-9-7-15-28(30)29-16-8-10-18-31(29)34/h3-20,34-35,40H,21-22H2,1-2H3,(H,39,43)(H,41,42). The second-order valence-electron chi connectivity index (χ2n) is 11.2. The summed E-state index contributed by atoms with van der Waals surface area (Å²) in [5.41, 5.74) is 9.88. The molecule has 0 radical (unpaired) electrons. The van der Waals surface area contributed by atoms with E-state index in [4.69, 9.17) is 4.74 Å². The predicted octanol–water partition coefficient (Wildman–Crippen LogP) is 7.88. The number of carboxylic acids is 1. The molecule has 5 aromatic carbocycles. The average Bonchev–Trinajstić information content (AvgIpc) is 3.34. The molecule has 0 saturated heterocycles. The zero-order chi connectivity index (χ0) is 30.8. The second kappa shape index (κ2) is 12.1. The summed E-state index contributed by atoms with van der Waals surface area (Å²) in [5, 5.41) is 24.2. The van der Waals surface area contributed by atoms with Crippen LogP contribution in [0, 0.1) is 13.8 Å². The highest BCUT2D eigenvalue weighted by molar-refractivity contribution is 5.86. The molecule has 0 aliphatic heterocycles. The Bertz CT molecular complexity index is 1770. The summed E-state index contributed by atoms with van der Waals surface area (Å²) in [6, 6.07) is 33.9. The minimum Gasteiger partial charge on any atom is -0.507 e. The van der Waals surface area contributed by atoms with Crippen LogP contribution in [0.2, 0.25) is 0 Å². The molecule has 0 aromatic heterocycles. The van der Waals surface area contributed by atoms with Crippen LogP contribution in [0.3, 0.4) is 0 Å². The Morgan fingerprint density at radius 2 is 1.16 bits per heavy atom. The van der Waals surface area contributed by atoms with Crippen molar-refractivity contribution in [3.05, 3.63) is 137 Å². The number of carbonyl (C=O) groups excluding carboxylic acids is 1. The minimum absolute atomic E-state index is 0.00241. The van der Waals surface area contributed by atoms with Crippen molar-refractivity contribution in [2.24, 2.45) is 0 Å². The lowest BCUT2D eigenvalue weighted by Crippen LogP contribution is -2.42.